The lowest BCUT2D eigenvalue weighted by Gasteiger charge is -2.18. The fourth-order valence-corrected chi connectivity index (χ4v) is 4.47. The predicted octanol–water partition coefficient (Wildman–Crippen LogP) is 5.91. The van der Waals surface area contributed by atoms with Gasteiger partial charge in [0.1, 0.15) is 10.6 Å². The molecule has 2 amide bonds. The van der Waals surface area contributed by atoms with E-state index < -0.39 is 0 Å². The second-order valence-corrected chi connectivity index (χ2v) is 8.81. The molecule has 0 bridgehead atoms. The normalized spacial score (nSPS) is 13.9. The van der Waals surface area contributed by atoms with Gasteiger partial charge in [-0.05, 0) is 74.2 Å². The first kappa shape index (κ1) is 20.9. The van der Waals surface area contributed by atoms with Gasteiger partial charge in [0.15, 0.2) is 0 Å². The smallest absolute Gasteiger partial charge is 0.283 e. The molecule has 0 radical (unpaired) electrons. The van der Waals surface area contributed by atoms with Gasteiger partial charge in [-0.25, -0.2) is 4.90 Å². The van der Waals surface area contributed by atoms with E-state index in [0.29, 0.717) is 16.3 Å². The number of carbonyl (C=O) groups excluding carboxylic acids is 2. The number of nitrogens with zero attached hydrogens (tertiary/aromatic N) is 1. The first-order valence-electron chi connectivity index (χ1n) is 10.1. The van der Waals surface area contributed by atoms with Gasteiger partial charge in [-0.1, -0.05) is 54.2 Å². The van der Waals surface area contributed by atoms with Gasteiger partial charge < -0.3 is 5.32 Å². The minimum absolute atomic E-state index is 0.305. The molecule has 4 rings (SSSR count). The molecule has 1 N–H and O–H groups in total. The van der Waals surface area contributed by atoms with Crippen molar-refractivity contribution in [1.82, 2.24) is 0 Å². The van der Waals surface area contributed by atoms with Gasteiger partial charge in [0.25, 0.3) is 11.8 Å². The Morgan fingerprint density at radius 3 is 2.26 bits per heavy atom. The maximum atomic E-state index is 13.6. The van der Waals surface area contributed by atoms with Crippen LogP contribution in [0.2, 0.25) is 0 Å². The number of nitrogens with one attached hydrogen (secondary N) is 1. The summed E-state index contributed by atoms with van der Waals surface area (Å²) in [6.45, 7) is 7.90. The van der Waals surface area contributed by atoms with Gasteiger partial charge in [0, 0.05) is 10.6 Å². The molecular weight excluding hydrogens is 404 g/mol. The van der Waals surface area contributed by atoms with Gasteiger partial charge in [-0.2, -0.15) is 0 Å². The Balaban J connectivity index is 1.81. The quantitative estimate of drug-likeness (QED) is 0.513. The van der Waals surface area contributed by atoms with Crippen molar-refractivity contribution >= 4 is 35.0 Å². The molecule has 0 atom stereocenters. The number of benzene rings is 3. The number of hydrogen-bond acceptors (Lipinski definition) is 4. The summed E-state index contributed by atoms with van der Waals surface area (Å²) in [6.07, 6.45) is 0. The zero-order chi connectivity index (χ0) is 22.1. The first-order valence-corrected chi connectivity index (χ1v) is 10.9. The average molecular weight is 429 g/mol. The maximum absolute atomic E-state index is 13.6. The van der Waals surface area contributed by atoms with Crippen LogP contribution in [0.25, 0.3) is 0 Å². The van der Waals surface area contributed by atoms with E-state index in [9.17, 15) is 9.59 Å². The third-order valence-electron chi connectivity index (χ3n) is 5.47. The van der Waals surface area contributed by atoms with Gasteiger partial charge in [-0.3, -0.25) is 9.59 Å². The number of carbonyl (C=O) groups is 2. The zero-order valence-electron chi connectivity index (χ0n) is 18.0. The molecule has 0 saturated carbocycles. The number of anilines is 2. The number of amides is 2. The highest BCUT2D eigenvalue weighted by atomic mass is 32.2. The summed E-state index contributed by atoms with van der Waals surface area (Å²) >= 11 is 1.31. The number of thioether (sulfide) groups is 1. The summed E-state index contributed by atoms with van der Waals surface area (Å²) in [5.41, 5.74) is 5.80. The van der Waals surface area contributed by atoms with Crippen LogP contribution < -0.4 is 10.2 Å². The van der Waals surface area contributed by atoms with E-state index in [1.165, 1.54) is 16.7 Å². The molecule has 0 aromatic heterocycles. The Morgan fingerprint density at radius 2 is 1.52 bits per heavy atom. The van der Waals surface area contributed by atoms with Crippen LogP contribution in [-0.4, -0.2) is 11.8 Å². The lowest BCUT2D eigenvalue weighted by Crippen LogP contribution is -2.33. The Bertz CT molecular complexity index is 1220. The molecule has 5 heteroatoms. The fourth-order valence-electron chi connectivity index (χ4n) is 3.52. The lowest BCUT2D eigenvalue weighted by atomic mass is 10.1. The number of aryl methyl sites for hydroxylation is 3. The van der Waals surface area contributed by atoms with Crippen LogP contribution >= 0.6 is 11.8 Å². The summed E-state index contributed by atoms with van der Waals surface area (Å²) in [5.74, 6) is -0.640. The van der Waals surface area contributed by atoms with Crippen LogP contribution in [0.4, 0.5) is 11.4 Å². The molecule has 31 heavy (non-hydrogen) atoms. The van der Waals surface area contributed by atoms with E-state index in [1.54, 1.807) is 0 Å². The summed E-state index contributed by atoms with van der Waals surface area (Å²) in [6, 6.07) is 21.3. The lowest BCUT2D eigenvalue weighted by molar-refractivity contribution is -0.120. The van der Waals surface area contributed by atoms with Gasteiger partial charge in [0.2, 0.25) is 0 Å². The second kappa shape index (κ2) is 8.44. The van der Waals surface area contributed by atoms with Crippen molar-refractivity contribution < 1.29 is 9.59 Å². The molecule has 3 aromatic carbocycles. The fraction of sp³-hybridized carbons (Fsp3) is 0.154. The Kier molecular flexibility index (Phi) is 5.70. The molecule has 0 unspecified atom stereocenters. The number of rotatable bonds is 5. The Hall–Kier alpha value is -3.31. The Labute approximate surface area is 187 Å². The van der Waals surface area contributed by atoms with E-state index >= 15 is 0 Å². The van der Waals surface area contributed by atoms with Crippen molar-refractivity contribution in [2.24, 2.45) is 0 Å². The monoisotopic (exact) mass is 428 g/mol. The molecule has 0 aliphatic carbocycles. The molecule has 0 spiro atoms. The van der Waals surface area contributed by atoms with Crippen molar-refractivity contribution in [3.8, 4) is 0 Å². The molecule has 1 aliphatic rings. The number of hydrogen-bond donors (Lipinski definition) is 1. The van der Waals surface area contributed by atoms with Crippen LogP contribution in [0.5, 0.6) is 0 Å². The zero-order valence-corrected chi connectivity index (χ0v) is 18.8. The van der Waals surface area contributed by atoms with E-state index in [-0.39, 0.29) is 11.8 Å². The minimum Gasteiger partial charge on any atom is -0.350 e. The molecule has 4 nitrogen and oxygen atoms in total. The van der Waals surface area contributed by atoms with Crippen molar-refractivity contribution in [2.75, 3.05) is 10.2 Å². The van der Waals surface area contributed by atoms with Crippen molar-refractivity contribution in [3.05, 3.63) is 99.6 Å². The highest BCUT2D eigenvalue weighted by Gasteiger charge is 2.41. The molecule has 3 aromatic rings. The van der Waals surface area contributed by atoms with Crippen LogP contribution in [0.15, 0.2) is 82.2 Å². The SMILES string of the molecule is Cc1ccc(C)c(N2C(=O)C(Nc3cccc(C)c3C)=C(Sc3ccccc3)C2=O)c1. The molecule has 0 fully saturated rings. The summed E-state index contributed by atoms with van der Waals surface area (Å²) < 4.78 is 0. The maximum Gasteiger partial charge on any atom is 0.283 e. The van der Waals surface area contributed by atoms with Gasteiger partial charge in [0.05, 0.1) is 5.69 Å². The van der Waals surface area contributed by atoms with Crippen LogP contribution in [-0.2, 0) is 9.59 Å². The van der Waals surface area contributed by atoms with Crippen molar-refractivity contribution in [2.45, 2.75) is 32.6 Å². The van der Waals surface area contributed by atoms with E-state index in [2.05, 4.69) is 5.32 Å². The molecular formula is C26H24N2O2S. The van der Waals surface area contributed by atoms with Crippen LogP contribution in [0.1, 0.15) is 22.3 Å². The van der Waals surface area contributed by atoms with E-state index in [1.807, 2.05) is 94.4 Å². The van der Waals surface area contributed by atoms with Gasteiger partial charge in [-0.15, -0.1) is 0 Å². The molecule has 156 valence electrons. The highest BCUT2D eigenvalue weighted by Crippen LogP contribution is 2.39. The van der Waals surface area contributed by atoms with E-state index in [4.69, 9.17) is 0 Å². The largest absolute Gasteiger partial charge is 0.350 e. The molecule has 0 saturated heterocycles. The third-order valence-corrected chi connectivity index (χ3v) is 6.57. The second-order valence-electron chi connectivity index (χ2n) is 7.73. The summed E-state index contributed by atoms with van der Waals surface area (Å²) in [5, 5.41) is 3.28. The Morgan fingerprint density at radius 1 is 0.774 bits per heavy atom. The van der Waals surface area contributed by atoms with Gasteiger partial charge >= 0.3 is 0 Å². The number of imide groups is 1. The highest BCUT2D eigenvalue weighted by molar-refractivity contribution is 8.04. The standard InChI is InChI=1S/C26H24N2O2S/c1-16-13-14-18(3)22(15-16)28-25(29)23(27-21-12-8-9-17(2)19(21)4)24(26(28)30)31-20-10-6-5-7-11-20/h5-15,27H,1-4H3. The van der Waals surface area contributed by atoms with Crippen molar-refractivity contribution in [3.63, 3.8) is 0 Å². The molecule has 1 aliphatic heterocycles. The molecule has 1 heterocycles. The summed E-state index contributed by atoms with van der Waals surface area (Å²) in [4.78, 5) is 29.7. The predicted molar refractivity (Wildman–Crippen MR) is 127 cm³/mol. The third kappa shape index (κ3) is 4.01. The topological polar surface area (TPSA) is 49.4 Å². The van der Waals surface area contributed by atoms with E-state index in [0.717, 1.165) is 32.8 Å². The van der Waals surface area contributed by atoms with Crippen LogP contribution in [0, 0.1) is 27.7 Å². The first-order chi connectivity index (χ1) is 14.9. The van der Waals surface area contributed by atoms with Crippen LogP contribution in [0.3, 0.4) is 0 Å². The minimum atomic E-state index is -0.335. The van der Waals surface area contributed by atoms with Crippen molar-refractivity contribution in [1.29, 1.82) is 0 Å². The summed E-state index contributed by atoms with van der Waals surface area (Å²) in [7, 11) is 0. The average Bonchev–Trinajstić information content (AvgIpc) is 2.98.